The molecule has 0 aliphatic rings. The summed E-state index contributed by atoms with van der Waals surface area (Å²) in [4.78, 5) is 11.9. The maximum atomic E-state index is 11.9. The lowest BCUT2D eigenvalue weighted by molar-refractivity contribution is 0.0940. The van der Waals surface area contributed by atoms with Crippen LogP contribution in [0.4, 0.5) is 5.69 Å². The molecule has 0 aliphatic carbocycles. The number of carbonyl (C=O) groups is 1. The van der Waals surface area contributed by atoms with Crippen molar-refractivity contribution in [3.63, 3.8) is 0 Å². The Morgan fingerprint density at radius 2 is 2.29 bits per heavy atom. The molecule has 17 heavy (non-hydrogen) atoms. The van der Waals surface area contributed by atoms with E-state index < -0.39 is 0 Å². The second-order valence-electron chi connectivity index (χ2n) is 3.89. The number of anilines is 1. The molecular formula is C12H17ClN2OS. The van der Waals surface area contributed by atoms with Gasteiger partial charge in [-0.15, -0.1) is 0 Å². The Morgan fingerprint density at radius 1 is 1.59 bits per heavy atom. The number of nitrogens with one attached hydrogen (secondary N) is 1. The molecule has 1 amide bonds. The van der Waals surface area contributed by atoms with Crippen molar-refractivity contribution in [3.8, 4) is 0 Å². The summed E-state index contributed by atoms with van der Waals surface area (Å²) in [6, 6.07) is 5.04. The van der Waals surface area contributed by atoms with E-state index in [-0.39, 0.29) is 11.9 Å². The van der Waals surface area contributed by atoms with E-state index in [2.05, 4.69) is 5.32 Å². The predicted molar refractivity (Wildman–Crippen MR) is 75.8 cm³/mol. The summed E-state index contributed by atoms with van der Waals surface area (Å²) in [7, 11) is 0. The summed E-state index contributed by atoms with van der Waals surface area (Å²) in [5.41, 5.74) is 6.64. The molecule has 5 heteroatoms. The molecule has 3 nitrogen and oxygen atoms in total. The van der Waals surface area contributed by atoms with E-state index in [0.29, 0.717) is 16.3 Å². The monoisotopic (exact) mass is 272 g/mol. The summed E-state index contributed by atoms with van der Waals surface area (Å²) in [5, 5.41) is 3.45. The molecule has 3 N–H and O–H groups in total. The first-order chi connectivity index (χ1) is 8.04. The first-order valence-corrected chi connectivity index (χ1v) is 7.16. The van der Waals surface area contributed by atoms with Gasteiger partial charge in [-0.1, -0.05) is 11.6 Å². The van der Waals surface area contributed by atoms with Gasteiger partial charge in [-0.3, -0.25) is 4.79 Å². The molecule has 0 aromatic heterocycles. The van der Waals surface area contributed by atoms with Crippen LogP contribution in [0.3, 0.4) is 0 Å². The van der Waals surface area contributed by atoms with Crippen LogP contribution in [0.2, 0.25) is 5.02 Å². The van der Waals surface area contributed by atoms with Gasteiger partial charge in [0.2, 0.25) is 0 Å². The highest BCUT2D eigenvalue weighted by molar-refractivity contribution is 7.98. The fourth-order valence-electron chi connectivity index (χ4n) is 1.41. The van der Waals surface area contributed by atoms with Crippen molar-refractivity contribution < 1.29 is 4.79 Å². The van der Waals surface area contributed by atoms with Crippen LogP contribution >= 0.6 is 23.4 Å². The zero-order valence-corrected chi connectivity index (χ0v) is 11.6. The molecule has 0 aliphatic heterocycles. The molecule has 1 aromatic carbocycles. The smallest absolute Gasteiger partial charge is 0.253 e. The Morgan fingerprint density at radius 3 is 2.88 bits per heavy atom. The van der Waals surface area contributed by atoms with Gasteiger partial charge in [0.15, 0.2) is 0 Å². The topological polar surface area (TPSA) is 55.1 Å². The third kappa shape index (κ3) is 4.48. The Bertz CT molecular complexity index is 398. The molecule has 0 saturated heterocycles. The summed E-state index contributed by atoms with van der Waals surface area (Å²) >= 11 is 7.55. The number of carbonyl (C=O) groups excluding carboxylic acids is 1. The van der Waals surface area contributed by atoms with E-state index in [9.17, 15) is 4.79 Å². The zero-order valence-electron chi connectivity index (χ0n) is 10.00. The third-order valence-corrected chi connectivity index (χ3v) is 3.27. The van der Waals surface area contributed by atoms with Crippen LogP contribution in [0.15, 0.2) is 18.2 Å². The second kappa shape index (κ2) is 6.77. The molecule has 0 spiro atoms. The third-order valence-electron chi connectivity index (χ3n) is 2.39. The maximum absolute atomic E-state index is 11.9. The Labute approximate surface area is 111 Å². The van der Waals surface area contributed by atoms with Gasteiger partial charge in [0.1, 0.15) is 0 Å². The average molecular weight is 273 g/mol. The lowest BCUT2D eigenvalue weighted by Crippen LogP contribution is -2.33. The van der Waals surface area contributed by atoms with Gasteiger partial charge < -0.3 is 11.1 Å². The number of rotatable bonds is 5. The number of nitrogens with two attached hydrogens (primary N) is 1. The highest BCUT2D eigenvalue weighted by Crippen LogP contribution is 2.18. The largest absolute Gasteiger partial charge is 0.398 e. The van der Waals surface area contributed by atoms with Crippen molar-refractivity contribution >= 4 is 35.0 Å². The van der Waals surface area contributed by atoms with E-state index in [1.807, 2.05) is 13.2 Å². The molecular weight excluding hydrogens is 256 g/mol. The lowest BCUT2D eigenvalue weighted by Gasteiger charge is -2.14. The predicted octanol–water partition coefficient (Wildman–Crippen LogP) is 2.79. The van der Waals surface area contributed by atoms with E-state index in [1.165, 1.54) is 0 Å². The number of halogens is 1. The Balaban J connectivity index is 2.63. The normalized spacial score (nSPS) is 12.2. The van der Waals surface area contributed by atoms with Crippen molar-refractivity contribution in [3.05, 3.63) is 28.8 Å². The molecule has 94 valence electrons. The van der Waals surface area contributed by atoms with Gasteiger partial charge in [-0.05, 0) is 43.6 Å². The minimum Gasteiger partial charge on any atom is -0.398 e. The highest BCUT2D eigenvalue weighted by atomic mass is 35.5. The van der Waals surface area contributed by atoms with Gasteiger partial charge in [0.05, 0.1) is 5.56 Å². The summed E-state index contributed by atoms with van der Waals surface area (Å²) in [6.45, 7) is 1.99. The Hall–Kier alpha value is -0.870. The summed E-state index contributed by atoms with van der Waals surface area (Å²) in [5.74, 6) is 0.880. The lowest BCUT2D eigenvalue weighted by atomic mass is 10.1. The highest BCUT2D eigenvalue weighted by Gasteiger charge is 2.12. The van der Waals surface area contributed by atoms with Crippen LogP contribution in [0.1, 0.15) is 23.7 Å². The van der Waals surface area contributed by atoms with E-state index >= 15 is 0 Å². The molecule has 0 fully saturated rings. The van der Waals surface area contributed by atoms with Crippen molar-refractivity contribution in [2.75, 3.05) is 17.7 Å². The first-order valence-electron chi connectivity index (χ1n) is 5.39. The van der Waals surface area contributed by atoms with Crippen LogP contribution < -0.4 is 11.1 Å². The molecule has 1 aromatic rings. The SMILES string of the molecule is CSCCC(C)NC(=O)c1ccc(Cl)cc1N. The number of nitrogen functional groups attached to an aromatic ring is 1. The number of amides is 1. The fourth-order valence-corrected chi connectivity index (χ4v) is 2.18. The van der Waals surface area contributed by atoms with Crippen LogP contribution in [-0.2, 0) is 0 Å². The first kappa shape index (κ1) is 14.2. The van der Waals surface area contributed by atoms with Crippen LogP contribution in [-0.4, -0.2) is 24.0 Å². The fraction of sp³-hybridized carbons (Fsp3) is 0.417. The van der Waals surface area contributed by atoms with E-state index in [4.69, 9.17) is 17.3 Å². The molecule has 0 saturated carbocycles. The number of hydrogen-bond acceptors (Lipinski definition) is 3. The van der Waals surface area contributed by atoms with Crippen molar-refractivity contribution in [1.29, 1.82) is 0 Å². The van der Waals surface area contributed by atoms with Gasteiger partial charge in [-0.2, -0.15) is 11.8 Å². The van der Waals surface area contributed by atoms with Gasteiger partial charge in [0.25, 0.3) is 5.91 Å². The number of thioether (sulfide) groups is 1. The Kier molecular flexibility index (Phi) is 5.65. The summed E-state index contributed by atoms with van der Waals surface area (Å²) < 4.78 is 0. The van der Waals surface area contributed by atoms with E-state index in [1.54, 1.807) is 30.0 Å². The molecule has 1 rings (SSSR count). The molecule has 1 unspecified atom stereocenters. The van der Waals surface area contributed by atoms with Crippen LogP contribution in [0, 0.1) is 0 Å². The quantitative estimate of drug-likeness (QED) is 0.811. The molecule has 1 atom stereocenters. The molecule has 0 radical (unpaired) electrons. The minimum atomic E-state index is -0.146. The molecule has 0 bridgehead atoms. The van der Waals surface area contributed by atoms with Gasteiger partial charge >= 0.3 is 0 Å². The van der Waals surface area contributed by atoms with Crippen LogP contribution in [0.5, 0.6) is 0 Å². The summed E-state index contributed by atoms with van der Waals surface area (Å²) in [6.07, 6.45) is 2.99. The minimum absolute atomic E-state index is 0.144. The van der Waals surface area contributed by atoms with Crippen LogP contribution in [0.25, 0.3) is 0 Å². The van der Waals surface area contributed by atoms with Crippen molar-refractivity contribution in [2.24, 2.45) is 0 Å². The second-order valence-corrected chi connectivity index (χ2v) is 5.31. The standard InChI is InChI=1S/C12H17ClN2OS/c1-8(5-6-17-2)15-12(16)10-4-3-9(13)7-11(10)14/h3-4,7-8H,5-6,14H2,1-2H3,(H,15,16). The van der Waals surface area contributed by atoms with E-state index in [0.717, 1.165) is 12.2 Å². The average Bonchev–Trinajstić information content (AvgIpc) is 2.26. The maximum Gasteiger partial charge on any atom is 0.253 e. The van der Waals surface area contributed by atoms with Gasteiger partial charge in [0, 0.05) is 16.8 Å². The number of benzene rings is 1. The number of hydrogen-bond donors (Lipinski definition) is 2. The van der Waals surface area contributed by atoms with Gasteiger partial charge in [-0.25, -0.2) is 0 Å². The van der Waals surface area contributed by atoms with Crippen molar-refractivity contribution in [1.82, 2.24) is 5.32 Å². The molecule has 0 heterocycles. The zero-order chi connectivity index (χ0) is 12.8. The van der Waals surface area contributed by atoms with Crippen molar-refractivity contribution in [2.45, 2.75) is 19.4 Å².